The highest BCUT2D eigenvalue weighted by Gasteiger charge is 1.93. The number of halogens is 1. The summed E-state index contributed by atoms with van der Waals surface area (Å²) in [6, 6.07) is 10.8. The summed E-state index contributed by atoms with van der Waals surface area (Å²) in [6.45, 7) is 0. The van der Waals surface area contributed by atoms with E-state index in [4.69, 9.17) is 0 Å². The molecule has 1 aromatic rings. The third-order valence-corrected chi connectivity index (χ3v) is 3.70. The lowest BCUT2D eigenvalue weighted by Crippen LogP contribution is -1.86. The van der Waals surface area contributed by atoms with Crippen molar-refractivity contribution in [3.63, 3.8) is 0 Å². The summed E-state index contributed by atoms with van der Waals surface area (Å²) in [5.74, 6) is 0. The second-order valence-electron chi connectivity index (χ2n) is 4.40. The lowest BCUT2D eigenvalue weighted by atomic mass is 10.0. The first-order valence-corrected chi connectivity index (χ1v) is 8.06. The molecule has 0 radical (unpaired) electrons. The van der Waals surface area contributed by atoms with Crippen LogP contribution in [0.15, 0.2) is 30.3 Å². The Hall–Kier alpha value is -0.0500. The van der Waals surface area contributed by atoms with Crippen molar-refractivity contribution in [2.45, 2.75) is 51.4 Å². The van der Waals surface area contributed by atoms with Gasteiger partial charge in [0.25, 0.3) is 0 Å². The molecule has 0 saturated heterocycles. The first kappa shape index (κ1) is 14.0. The van der Waals surface area contributed by atoms with E-state index in [9.17, 15) is 0 Å². The Morgan fingerprint density at radius 2 is 1.25 bits per heavy atom. The molecule has 0 fully saturated rings. The molecule has 0 saturated carbocycles. The van der Waals surface area contributed by atoms with Crippen LogP contribution >= 0.6 is 22.6 Å². The van der Waals surface area contributed by atoms with Crippen LogP contribution in [0.4, 0.5) is 0 Å². The highest BCUT2D eigenvalue weighted by Crippen LogP contribution is 2.10. The fraction of sp³-hybridized carbons (Fsp3) is 0.600. The molecule has 0 aliphatic carbocycles. The summed E-state index contributed by atoms with van der Waals surface area (Å²) in [5.41, 5.74) is 1.49. The molecule has 0 amide bonds. The molecule has 0 bridgehead atoms. The molecular formula is C15H23I. The summed E-state index contributed by atoms with van der Waals surface area (Å²) in [4.78, 5) is 0. The number of benzene rings is 1. The van der Waals surface area contributed by atoms with Gasteiger partial charge in [0, 0.05) is 0 Å². The fourth-order valence-electron chi connectivity index (χ4n) is 1.95. The minimum absolute atomic E-state index is 1.26. The van der Waals surface area contributed by atoms with Crippen molar-refractivity contribution in [2.24, 2.45) is 0 Å². The molecular weight excluding hydrogens is 307 g/mol. The molecule has 0 atom stereocenters. The van der Waals surface area contributed by atoms with Crippen molar-refractivity contribution >= 4 is 22.6 Å². The van der Waals surface area contributed by atoms with Gasteiger partial charge in [-0.2, -0.15) is 0 Å². The predicted molar refractivity (Wildman–Crippen MR) is 81.4 cm³/mol. The maximum atomic E-state index is 2.47. The summed E-state index contributed by atoms with van der Waals surface area (Å²) in [5, 5.41) is 0. The number of unbranched alkanes of at least 4 members (excludes halogenated alkanes) is 6. The van der Waals surface area contributed by atoms with Crippen LogP contribution in [0.25, 0.3) is 0 Å². The smallest absolute Gasteiger partial charge is 0.000473 e. The van der Waals surface area contributed by atoms with Crippen molar-refractivity contribution in [1.82, 2.24) is 0 Å². The van der Waals surface area contributed by atoms with E-state index in [0.29, 0.717) is 0 Å². The average Bonchev–Trinajstić information content (AvgIpc) is 2.34. The molecule has 0 aliphatic heterocycles. The van der Waals surface area contributed by atoms with Crippen molar-refractivity contribution in [3.05, 3.63) is 35.9 Å². The van der Waals surface area contributed by atoms with Crippen LogP contribution in [0.2, 0.25) is 0 Å². The Balaban J connectivity index is 1.89. The van der Waals surface area contributed by atoms with Gasteiger partial charge in [-0.05, 0) is 29.3 Å². The molecule has 0 N–H and O–H groups in total. The number of rotatable bonds is 9. The minimum Gasteiger partial charge on any atom is -0.0864 e. The van der Waals surface area contributed by atoms with E-state index in [0.717, 1.165) is 0 Å². The second kappa shape index (κ2) is 10.1. The van der Waals surface area contributed by atoms with Gasteiger partial charge in [0.15, 0.2) is 0 Å². The van der Waals surface area contributed by atoms with Gasteiger partial charge in [0.05, 0.1) is 0 Å². The third kappa shape index (κ3) is 7.26. The maximum absolute atomic E-state index is 2.47. The van der Waals surface area contributed by atoms with Gasteiger partial charge in [-0.25, -0.2) is 0 Å². The minimum atomic E-state index is 1.26. The Morgan fingerprint density at radius 1 is 0.688 bits per heavy atom. The molecule has 90 valence electrons. The summed E-state index contributed by atoms with van der Waals surface area (Å²) in [7, 11) is 0. The number of aryl methyl sites for hydroxylation is 1. The lowest BCUT2D eigenvalue weighted by Gasteiger charge is -2.02. The van der Waals surface area contributed by atoms with E-state index in [-0.39, 0.29) is 0 Å². The van der Waals surface area contributed by atoms with Crippen LogP contribution in [-0.4, -0.2) is 4.43 Å². The Bertz CT molecular complexity index is 243. The third-order valence-electron chi connectivity index (χ3n) is 2.94. The fourth-order valence-corrected chi connectivity index (χ4v) is 2.49. The van der Waals surface area contributed by atoms with Gasteiger partial charge < -0.3 is 0 Å². The zero-order chi connectivity index (χ0) is 11.5. The number of hydrogen-bond acceptors (Lipinski definition) is 0. The Kier molecular flexibility index (Phi) is 8.87. The van der Waals surface area contributed by atoms with Gasteiger partial charge in [-0.3, -0.25) is 0 Å². The number of hydrogen-bond donors (Lipinski definition) is 0. The lowest BCUT2D eigenvalue weighted by molar-refractivity contribution is 0.592. The molecule has 0 aliphatic rings. The molecule has 16 heavy (non-hydrogen) atoms. The highest BCUT2D eigenvalue weighted by atomic mass is 127. The molecule has 0 unspecified atom stereocenters. The molecule has 0 spiro atoms. The largest absolute Gasteiger partial charge is 0.0864 e. The van der Waals surface area contributed by atoms with Crippen LogP contribution in [0.3, 0.4) is 0 Å². The van der Waals surface area contributed by atoms with Crippen molar-refractivity contribution in [1.29, 1.82) is 0 Å². The van der Waals surface area contributed by atoms with E-state index in [1.165, 1.54) is 61.4 Å². The zero-order valence-corrected chi connectivity index (χ0v) is 12.3. The summed E-state index contributed by atoms with van der Waals surface area (Å²) >= 11 is 2.47. The van der Waals surface area contributed by atoms with Crippen LogP contribution in [0.1, 0.15) is 50.5 Å². The van der Waals surface area contributed by atoms with Crippen molar-refractivity contribution in [2.75, 3.05) is 4.43 Å². The first-order chi connectivity index (χ1) is 7.93. The molecule has 0 aromatic heterocycles. The average molecular weight is 330 g/mol. The summed E-state index contributed by atoms with van der Waals surface area (Å²) < 4.78 is 1.33. The Morgan fingerprint density at radius 3 is 1.88 bits per heavy atom. The van der Waals surface area contributed by atoms with E-state index in [1.807, 2.05) is 0 Å². The molecule has 1 aromatic carbocycles. The van der Waals surface area contributed by atoms with Crippen molar-refractivity contribution in [3.8, 4) is 0 Å². The second-order valence-corrected chi connectivity index (χ2v) is 5.48. The number of alkyl halides is 1. The van der Waals surface area contributed by atoms with Gasteiger partial charge in [0.1, 0.15) is 0 Å². The van der Waals surface area contributed by atoms with Crippen LogP contribution in [0.5, 0.6) is 0 Å². The SMILES string of the molecule is ICCCCCCCCCc1ccccc1. The van der Waals surface area contributed by atoms with Gasteiger partial charge >= 0.3 is 0 Å². The normalized spacial score (nSPS) is 10.6. The Labute approximate surface area is 114 Å². The molecule has 1 rings (SSSR count). The summed E-state index contributed by atoms with van der Waals surface area (Å²) in [6.07, 6.45) is 11.2. The van der Waals surface area contributed by atoms with Crippen LogP contribution < -0.4 is 0 Å². The first-order valence-electron chi connectivity index (χ1n) is 6.53. The molecule has 0 nitrogen and oxygen atoms in total. The quantitative estimate of drug-likeness (QED) is 0.323. The van der Waals surface area contributed by atoms with Crippen molar-refractivity contribution < 1.29 is 0 Å². The van der Waals surface area contributed by atoms with E-state index in [1.54, 1.807) is 0 Å². The van der Waals surface area contributed by atoms with E-state index < -0.39 is 0 Å². The van der Waals surface area contributed by atoms with E-state index in [2.05, 4.69) is 52.9 Å². The maximum Gasteiger partial charge on any atom is -0.000473 e. The van der Waals surface area contributed by atoms with Crippen LogP contribution in [0, 0.1) is 0 Å². The van der Waals surface area contributed by atoms with Gasteiger partial charge in [-0.1, -0.05) is 85.0 Å². The predicted octanol–water partition coefficient (Wildman–Crippen LogP) is 5.39. The van der Waals surface area contributed by atoms with Gasteiger partial charge in [-0.15, -0.1) is 0 Å². The molecule has 0 heterocycles. The topological polar surface area (TPSA) is 0 Å². The van der Waals surface area contributed by atoms with Crippen LogP contribution in [-0.2, 0) is 6.42 Å². The zero-order valence-electron chi connectivity index (χ0n) is 10.1. The molecule has 1 heteroatoms. The standard InChI is InChI=1S/C15H23I/c16-14-10-5-3-1-2-4-7-11-15-12-8-6-9-13-15/h6,8-9,12-13H,1-5,7,10-11,14H2. The van der Waals surface area contributed by atoms with Gasteiger partial charge in [0.2, 0.25) is 0 Å². The highest BCUT2D eigenvalue weighted by molar-refractivity contribution is 14.1. The monoisotopic (exact) mass is 330 g/mol. The van der Waals surface area contributed by atoms with E-state index >= 15 is 0 Å².